The minimum atomic E-state index is -0.250. The highest BCUT2D eigenvalue weighted by molar-refractivity contribution is 5.73. The van der Waals surface area contributed by atoms with E-state index in [1.54, 1.807) is 24.3 Å². The van der Waals surface area contributed by atoms with Gasteiger partial charge in [0.05, 0.1) is 13.4 Å². The molecule has 130 valence electrons. The van der Waals surface area contributed by atoms with Gasteiger partial charge in [0, 0.05) is 25.5 Å². The fraction of sp³-hybridized carbons (Fsp3) is 0.222. The minimum absolute atomic E-state index is 0.197. The van der Waals surface area contributed by atoms with Crippen LogP contribution in [0.3, 0.4) is 0 Å². The van der Waals surface area contributed by atoms with E-state index >= 15 is 0 Å². The first-order chi connectivity index (χ1) is 12.3. The average Bonchev–Trinajstić information content (AvgIpc) is 3.35. The summed E-state index contributed by atoms with van der Waals surface area (Å²) in [6.07, 6.45) is 5.14. The zero-order valence-corrected chi connectivity index (χ0v) is 13.9. The molecule has 3 rings (SSSR count). The van der Waals surface area contributed by atoms with Crippen molar-refractivity contribution in [3.8, 4) is 5.75 Å². The molecule has 0 fully saturated rings. The van der Waals surface area contributed by atoms with E-state index in [9.17, 15) is 4.79 Å². The molecule has 3 aromatic rings. The van der Waals surface area contributed by atoms with Gasteiger partial charge < -0.3 is 19.8 Å². The number of rotatable bonds is 7. The topological polar surface area (TPSA) is 81.3 Å². The summed E-state index contributed by atoms with van der Waals surface area (Å²) in [6.45, 7) is 0.798. The highest BCUT2D eigenvalue weighted by Crippen LogP contribution is 2.17. The normalized spacial score (nSPS) is 11.7. The maximum Gasteiger partial charge on any atom is 0.315 e. The van der Waals surface area contributed by atoms with Crippen LogP contribution < -0.4 is 15.4 Å². The third-order valence-corrected chi connectivity index (χ3v) is 3.78. The fourth-order valence-electron chi connectivity index (χ4n) is 2.45. The molecule has 0 radical (unpaired) electrons. The number of carbonyl (C=O) groups excluding carboxylic acids is 1. The van der Waals surface area contributed by atoms with Gasteiger partial charge in [0.25, 0.3) is 0 Å². The Labute approximate surface area is 145 Å². The standard InChI is InChI=1S/C18H20N4O3/c1-24-15-7-5-14(6-8-15)12-19-18(23)20-13-16(17-4-2-11-25-17)22-10-3-9-21-22/h2-11,16H,12-13H2,1H3,(H2,19,20,23). The van der Waals surface area contributed by atoms with Gasteiger partial charge in [-0.1, -0.05) is 12.1 Å². The number of methoxy groups -OCH3 is 1. The Kier molecular flexibility index (Phi) is 5.36. The molecule has 0 aliphatic heterocycles. The van der Waals surface area contributed by atoms with E-state index < -0.39 is 0 Å². The molecule has 0 aliphatic carbocycles. The maximum absolute atomic E-state index is 12.1. The Balaban J connectivity index is 1.53. The van der Waals surface area contributed by atoms with Gasteiger partial charge in [-0.15, -0.1) is 0 Å². The van der Waals surface area contributed by atoms with E-state index in [-0.39, 0.29) is 12.1 Å². The lowest BCUT2D eigenvalue weighted by Crippen LogP contribution is -2.38. The molecule has 1 unspecified atom stereocenters. The molecule has 0 saturated carbocycles. The van der Waals surface area contributed by atoms with Crippen molar-refractivity contribution < 1.29 is 13.9 Å². The molecule has 1 aromatic carbocycles. The summed E-state index contributed by atoms with van der Waals surface area (Å²) >= 11 is 0. The second kappa shape index (κ2) is 8.05. The van der Waals surface area contributed by atoms with Crippen molar-refractivity contribution in [2.75, 3.05) is 13.7 Å². The SMILES string of the molecule is COc1ccc(CNC(=O)NCC(c2ccco2)n2cccn2)cc1. The summed E-state index contributed by atoms with van der Waals surface area (Å²) in [5, 5.41) is 9.92. The molecule has 2 N–H and O–H groups in total. The van der Waals surface area contributed by atoms with Crippen molar-refractivity contribution in [2.24, 2.45) is 0 Å². The van der Waals surface area contributed by atoms with Crippen molar-refractivity contribution in [1.82, 2.24) is 20.4 Å². The lowest BCUT2D eigenvalue weighted by atomic mass is 10.2. The Hall–Kier alpha value is -3.22. The largest absolute Gasteiger partial charge is 0.497 e. The number of benzene rings is 1. The number of hydrogen-bond acceptors (Lipinski definition) is 4. The molecule has 2 heterocycles. The van der Waals surface area contributed by atoms with Crippen molar-refractivity contribution in [1.29, 1.82) is 0 Å². The van der Waals surface area contributed by atoms with Gasteiger partial charge in [-0.05, 0) is 35.9 Å². The Bertz CT molecular complexity index is 733. The van der Waals surface area contributed by atoms with Gasteiger partial charge in [-0.25, -0.2) is 4.79 Å². The predicted octanol–water partition coefficient (Wildman–Crippen LogP) is 2.57. The van der Waals surface area contributed by atoms with Crippen molar-refractivity contribution in [3.63, 3.8) is 0 Å². The molecule has 25 heavy (non-hydrogen) atoms. The van der Waals surface area contributed by atoms with Gasteiger partial charge in [0.1, 0.15) is 17.6 Å². The molecule has 0 spiro atoms. The molecule has 2 amide bonds. The zero-order valence-electron chi connectivity index (χ0n) is 13.9. The monoisotopic (exact) mass is 340 g/mol. The second-order valence-corrected chi connectivity index (χ2v) is 5.43. The summed E-state index contributed by atoms with van der Waals surface area (Å²) < 4.78 is 12.3. The molecule has 7 heteroatoms. The summed E-state index contributed by atoms with van der Waals surface area (Å²) in [5.41, 5.74) is 0.991. The van der Waals surface area contributed by atoms with Crippen LogP contribution in [-0.2, 0) is 6.54 Å². The lowest BCUT2D eigenvalue weighted by Gasteiger charge is -2.16. The smallest absolute Gasteiger partial charge is 0.315 e. The van der Waals surface area contributed by atoms with Crippen LogP contribution in [-0.4, -0.2) is 29.5 Å². The van der Waals surface area contributed by atoms with Gasteiger partial charge >= 0.3 is 6.03 Å². The van der Waals surface area contributed by atoms with Crippen LogP contribution in [0.4, 0.5) is 4.79 Å². The maximum atomic E-state index is 12.1. The number of ether oxygens (including phenoxy) is 1. The number of nitrogens with zero attached hydrogens (tertiary/aromatic N) is 2. The van der Waals surface area contributed by atoms with Crippen LogP contribution in [0.2, 0.25) is 0 Å². The number of amides is 2. The predicted molar refractivity (Wildman–Crippen MR) is 92.3 cm³/mol. The molecule has 0 aliphatic rings. The fourth-order valence-corrected chi connectivity index (χ4v) is 2.45. The summed E-state index contributed by atoms with van der Waals surface area (Å²) in [5.74, 6) is 1.52. The number of carbonyl (C=O) groups is 1. The van der Waals surface area contributed by atoms with Crippen LogP contribution in [0.5, 0.6) is 5.75 Å². The Morgan fingerprint density at radius 1 is 1.24 bits per heavy atom. The summed E-state index contributed by atoms with van der Waals surface area (Å²) in [6, 6.07) is 12.6. The third kappa shape index (κ3) is 4.41. The summed E-state index contributed by atoms with van der Waals surface area (Å²) in [7, 11) is 1.62. The molecule has 0 saturated heterocycles. The molecule has 0 bridgehead atoms. The van der Waals surface area contributed by atoms with Crippen LogP contribution in [0.25, 0.3) is 0 Å². The lowest BCUT2D eigenvalue weighted by molar-refractivity contribution is 0.238. The quantitative estimate of drug-likeness (QED) is 0.693. The van der Waals surface area contributed by atoms with Gasteiger partial charge in [0.15, 0.2) is 0 Å². The van der Waals surface area contributed by atoms with Crippen LogP contribution in [0.1, 0.15) is 17.4 Å². The van der Waals surface area contributed by atoms with E-state index in [1.165, 1.54) is 0 Å². The summed E-state index contributed by atoms with van der Waals surface area (Å²) in [4.78, 5) is 12.1. The molecular weight excluding hydrogens is 320 g/mol. The number of aromatic nitrogens is 2. The van der Waals surface area contributed by atoms with E-state index in [2.05, 4.69) is 15.7 Å². The Morgan fingerprint density at radius 3 is 2.72 bits per heavy atom. The number of urea groups is 1. The van der Waals surface area contributed by atoms with Gasteiger partial charge in [-0.3, -0.25) is 4.68 Å². The van der Waals surface area contributed by atoms with E-state index in [0.717, 1.165) is 17.1 Å². The third-order valence-electron chi connectivity index (χ3n) is 3.78. The van der Waals surface area contributed by atoms with Crippen LogP contribution in [0, 0.1) is 0 Å². The van der Waals surface area contributed by atoms with Crippen LogP contribution in [0.15, 0.2) is 65.5 Å². The van der Waals surface area contributed by atoms with Gasteiger partial charge in [-0.2, -0.15) is 5.10 Å². The highest BCUT2D eigenvalue weighted by Gasteiger charge is 2.17. The minimum Gasteiger partial charge on any atom is -0.497 e. The van der Waals surface area contributed by atoms with E-state index in [1.807, 2.05) is 48.7 Å². The number of nitrogens with one attached hydrogen (secondary N) is 2. The van der Waals surface area contributed by atoms with E-state index in [0.29, 0.717) is 13.1 Å². The van der Waals surface area contributed by atoms with E-state index in [4.69, 9.17) is 9.15 Å². The van der Waals surface area contributed by atoms with Crippen molar-refractivity contribution >= 4 is 6.03 Å². The molecule has 7 nitrogen and oxygen atoms in total. The molecule has 2 aromatic heterocycles. The first-order valence-electron chi connectivity index (χ1n) is 7.93. The van der Waals surface area contributed by atoms with Gasteiger partial charge in [0.2, 0.25) is 0 Å². The zero-order chi connectivity index (χ0) is 17.5. The number of hydrogen-bond donors (Lipinski definition) is 2. The first-order valence-corrected chi connectivity index (χ1v) is 7.93. The highest BCUT2D eigenvalue weighted by atomic mass is 16.5. The number of furan rings is 1. The second-order valence-electron chi connectivity index (χ2n) is 5.43. The average molecular weight is 340 g/mol. The Morgan fingerprint density at radius 2 is 2.08 bits per heavy atom. The first kappa shape index (κ1) is 16.6. The van der Waals surface area contributed by atoms with Crippen molar-refractivity contribution in [2.45, 2.75) is 12.6 Å². The molecule has 1 atom stereocenters. The molecular formula is C18H20N4O3. The van der Waals surface area contributed by atoms with Crippen LogP contribution >= 0.6 is 0 Å². The van der Waals surface area contributed by atoms with Crippen molar-refractivity contribution in [3.05, 3.63) is 72.4 Å².